The van der Waals surface area contributed by atoms with E-state index in [4.69, 9.17) is 42.4 Å². The summed E-state index contributed by atoms with van der Waals surface area (Å²) in [4.78, 5) is 130. The van der Waals surface area contributed by atoms with Crippen LogP contribution in [0.15, 0.2) is 167 Å². The molecule has 117 heavy (non-hydrogen) atoms. The van der Waals surface area contributed by atoms with Crippen molar-refractivity contribution in [3.63, 3.8) is 0 Å². The number of hydrogen-bond donors (Lipinski definition) is 3. The normalized spacial score (nSPS) is 21.7. The van der Waals surface area contributed by atoms with Crippen molar-refractivity contribution in [2.24, 2.45) is 39.9 Å². The molecule has 0 bridgehead atoms. The molecule has 6 aromatic carbocycles. The number of fused-ring (bicyclic) bond motifs is 5. The fourth-order valence-corrected chi connectivity index (χ4v) is 21.2. The Labute approximate surface area is 701 Å². The first-order valence-corrected chi connectivity index (χ1v) is 44.5. The summed E-state index contributed by atoms with van der Waals surface area (Å²) in [5, 5.41) is 33.5. The molecule has 19 nitrogen and oxygen atoms in total. The predicted octanol–water partition coefficient (Wildman–Crippen LogP) is 17.8. The summed E-state index contributed by atoms with van der Waals surface area (Å²) in [7, 11) is 1.54. The van der Waals surface area contributed by atoms with Gasteiger partial charge in [-0.05, 0) is 172 Å². The van der Waals surface area contributed by atoms with E-state index in [0.717, 1.165) is 122 Å². The maximum atomic E-state index is 15.3. The van der Waals surface area contributed by atoms with Crippen molar-refractivity contribution in [1.29, 1.82) is 0 Å². The van der Waals surface area contributed by atoms with Crippen molar-refractivity contribution in [3.05, 3.63) is 200 Å². The Kier molecular flexibility index (Phi) is 26.4. The third-order valence-corrected chi connectivity index (χ3v) is 27.7. The lowest BCUT2D eigenvalue weighted by Gasteiger charge is -2.30. The number of Topliss-reactive ketones (excluding diaryl/α,β-unsaturated/α-hetero) is 4. The minimum atomic E-state index is -1.23. The molecule has 2 aromatic heterocycles. The van der Waals surface area contributed by atoms with Crippen LogP contribution in [0.25, 0.3) is 31.3 Å². The minimum Gasteiger partial charge on any atom is -0.449 e. The number of thiophene rings is 2. The molecule has 3 saturated carbocycles. The first-order valence-electron chi connectivity index (χ1n) is 42.0. The van der Waals surface area contributed by atoms with Gasteiger partial charge in [0.1, 0.15) is 30.9 Å². The van der Waals surface area contributed by atoms with E-state index in [1.165, 1.54) is 13.5 Å². The van der Waals surface area contributed by atoms with Crippen molar-refractivity contribution >= 4 is 124 Å². The van der Waals surface area contributed by atoms with Gasteiger partial charge in [0.25, 0.3) is 0 Å². The molecular weight excluding hydrogens is 1560 g/mol. The van der Waals surface area contributed by atoms with Gasteiger partial charge in [-0.3, -0.25) is 33.6 Å². The fraction of sp³-hybridized carbons (Fsp3) is 0.468. The number of ketones is 4. The van der Waals surface area contributed by atoms with Crippen LogP contribution < -0.4 is 10.6 Å². The van der Waals surface area contributed by atoms with Crippen molar-refractivity contribution < 1.29 is 62.6 Å². The van der Waals surface area contributed by atoms with Gasteiger partial charge in [0, 0.05) is 114 Å². The van der Waals surface area contributed by atoms with Crippen molar-refractivity contribution in [2.75, 3.05) is 26.8 Å². The molecule has 5 fully saturated rings. The molecule has 4 aliphatic heterocycles. The quantitative estimate of drug-likeness (QED) is 0.0347. The predicted molar refractivity (Wildman–Crippen MR) is 457 cm³/mol. The molecule has 16 rings (SSSR count). The molecule has 4 amide bonds. The van der Waals surface area contributed by atoms with Gasteiger partial charge >= 0.3 is 6.09 Å². The van der Waals surface area contributed by atoms with Crippen LogP contribution in [0.5, 0.6) is 0 Å². The smallest absolute Gasteiger partial charge is 0.407 e. The van der Waals surface area contributed by atoms with Crippen LogP contribution in [-0.2, 0) is 65.6 Å². The van der Waals surface area contributed by atoms with Gasteiger partial charge in [0.15, 0.2) is 34.3 Å². The number of likely N-dealkylation sites (tertiary alicyclic amines) is 2. The lowest BCUT2D eigenvalue weighted by atomic mass is 9.84. The number of benzene rings is 6. The van der Waals surface area contributed by atoms with Crippen LogP contribution in [0.2, 0.25) is 10.0 Å². The molecular formula is C94H104Cl2N6O13S2. The van der Waals surface area contributed by atoms with Crippen molar-refractivity contribution in [2.45, 2.75) is 221 Å². The SMILES string of the molecule is CCC[C@@H](CC(=O)[C@@H]1C[C@]2(CC(c3cccc(Cl)c3)=NO2)CN1C(=O)[C@H](Cc1csc2ccccc12)NC(=O)CC1CCCCC1)C(O)C(=O)CC1CC1.CCC[C@@H](CC(=O)[C@@H]1C[C@]2(CC(c3cccc(Cl)c3)=NO2)CN1C(=O)[C@H](Cc1csc2ccccc12)NC(=O)OCC1c2ccccc2-c2ccccc21)C(OC)C(=O)CC1CC1. The molecule has 8 aromatic rings. The lowest BCUT2D eigenvalue weighted by molar-refractivity contribution is -0.142. The van der Waals surface area contributed by atoms with E-state index in [-0.39, 0.29) is 105 Å². The highest BCUT2D eigenvalue weighted by Gasteiger charge is 2.57. The molecule has 4 aliphatic carbocycles. The number of alkyl carbamates (subject to hydrolysis) is 1. The van der Waals surface area contributed by atoms with E-state index in [0.29, 0.717) is 90.6 Å². The highest BCUT2D eigenvalue weighted by atomic mass is 35.5. The Hall–Kier alpha value is -8.96. The first kappa shape index (κ1) is 83.1. The van der Waals surface area contributed by atoms with E-state index < -0.39 is 65.5 Å². The molecule has 2 spiro atoms. The van der Waals surface area contributed by atoms with Crippen LogP contribution in [-0.4, -0.2) is 148 Å². The van der Waals surface area contributed by atoms with E-state index in [2.05, 4.69) is 45.2 Å². The van der Waals surface area contributed by atoms with E-state index in [9.17, 15) is 33.9 Å². The Morgan fingerprint density at radius 3 is 1.54 bits per heavy atom. The lowest BCUT2D eigenvalue weighted by Crippen LogP contribution is -2.53. The zero-order valence-electron chi connectivity index (χ0n) is 66.7. The zero-order chi connectivity index (χ0) is 81.5. The second-order valence-corrected chi connectivity index (χ2v) is 36.6. The van der Waals surface area contributed by atoms with Gasteiger partial charge in [-0.25, -0.2) is 4.79 Å². The van der Waals surface area contributed by atoms with Crippen LogP contribution >= 0.6 is 45.9 Å². The minimum absolute atomic E-state index is 0.0242. The van der Waals surface area contributed by atoms with Gasteiger partial charge < -0.3 is 44.7 Å². The number of carbonyl (C=O) groups excluding carboxylic acids is 8. The number of carbonyl (C=O) groups is 8. The summed E-state index contributed by atoms with van der Waals surface area (Å²) in [6, 6.07) is 43.2. The number of ether oxygens (including phenoxy) is 2. The topological polar surface area (TPSA) is 249 Å². The molecule has 3 N–H and O–H groups in total. The molecule has 2 saturated heterocycles. The molecule has 6 heterocycles. The van der Waals surface area contributed by atoms with Crippen LogP contribution in [0.3, 0.4) is 0 Å². The number of oxime groups is 2. The van der Waals surface area contributed by atoms with E-state index in [1.807, 2.05) is 134 Å². The molecule has 8 aliphatic rings. The third kappa shape index (κ3) is 19.5. The summed E-state index contributed by atoms with van der Waals surface area (Å²) in [5.41, 5.74) is 7.25. The summed E-state index contributed by atoms with van der Waals surface area (Å²) in [5.74, 6) is -1.57. The highest BCUT2D eigenvalue weighted by Crippen LogP contribution is 2.47. The number of methoxy groups -OCH3 is 1. The first-order chi connectivity index (χ1) is 56.7. The van der Waals surface area contributed by atoms with E-state index in [1.54, 1.807) is 44.6 Å². The average molecular weight is 1660 g/mol. The van der Waals surface area contributed by atoms with Gasteiger partial charge in [-0.1, -0.05) is 189 Å². The number of nitrogens with one attached hydrogen (secondary N) is 2. The summed E-state index contributed by atoms with van der Waals surface area (Å²) >= 11 is 15.9. The van der Waals surface area contributed by atoms with Gasteiger partial charge in [0.2, 0.25) is 17.7 Å². The number of amides is 4. The Balaban J connectivity index is 0.000000186. The maximum absolute atomic E-state index is 15.3. The number of aliphatic hydroxyl groups excluding tert-OH is 1. The van der Waals surface area contributed by atoms with E-state index >= 15 is 9.59 Å². The van der Waals surface area contributed by atoms with Gasteiger partial charge in [0.05, 0.1) is 36.6 Å². The average Bonchev–Trinajstić information content (AvgIpc) is 1.62. The molecule has 2 unspecified atom stereocenters. The Morgan fingerprint density at radius 2 is 1.03 bits per heavy atom. The molecule has 0 radical (unpaired) electrons. The summed E-state index contributed by atoms with van der Waals surface area (Å²) in [6.07, 6.45) is 12.1. The van der Waals surface area contributed by atoms with Crippen LogP contribution in [0.4, 0.5) is 4.79 Å². The standard InChI is InChI=1S/C51H52ClN3O7S.C43H52ClN3O6S/c1-3-11-33(48(60-2)46(57)22-31-20-21-31)25-45(56)44-27-51(26-43(54-62-51)32-12-10-13-35(52)23-32)30-55(44)49(58)42(24-34-29-63-47-19-9-8-14-36(34)47)53-50(59)61-28-41-39-17-6-4-15-37(39)38-16-5-7-18-40(38)41;1-2-9-30(41(51)38(49)18-28-16-17-28)22-37(48)36-24-43(23-35(46-53-43)29-12-8-13-32(44)20-29)26-47(36)42(52)34(45-40(50)19-27-10-4-3-5-11-27)21-31-25-54-39-15-7-6-14-33(31)39/h4-10,12-19,23,29,31,33,41-42,44,48H,3,11,20-22,24-28,30H2,1-2H3,(H,53,59);6-8,12-15,20,25,27-28,30,34,36,41,51H,2-5,9-11,16-19,21-24,26H2,1H3,(H,45,50)/t33-,42-,44-,48?,51+;30-,34-,36-,41?,43+/m00/s1. The van der Waals surface area contributed by atoms with Crippen LogP contribution in [0.1, 0.15) is 194 Å². The third-order valence-electron chi connectivity index (χ3n) is 25.2. The maximum Gasteiger partial charge on any atom is 0.407 e. The fourth-order valence-electron chi connectivity index (χ4n) is 18.9. The molecule has 23 heteroatoms. The number of halogens is 2. The highest BCUT2D eigenvalue weighted by molar-refractivity contribution is 7.17. The van der Waals surface area contributed by atoms with Crippen molar-refractivity contribution in [3.8, 4) is 11.1 Å². The van der Waals surface area contributed by atoms with Gasteiger partial charge in [-0.15, -0.1) is 22.7 Å². The second kappa shape index (κ2) is 37.1. The van der Waals surface area contributed by atoms with Crippen molar-refractivity contribution in [1.82, 2.24) is 20.4 Å². The largest absolute Gasteiger partial charge is 0.449 e. The zero-order valence-corrected chi connectivity index (χ0v) is 69.9. The number of aliphatic hydroxyl groups is 1. The Morgan fingerprint density at radius 1 is 0.564 bits per heavy atom. The number of hydrogen-bond acceptors (Lipinski definition) is 17. The summed E-state index contributed by atoms with van der Waals surface area (Å²) in [6.45, 7) is 4.26. The summed E-state index contributed by atoms with van der Waals surface area (Å²) < 4.78 is 14.0. The Bertz CT molecular complexity index is 5020. The van der Waals surface area contributed by atoms with Gasteiger partial charge in [-0.2, -0.15) is 0 Å². The van der Waals surface area contributed by atoms with Crippen LogP contribution in [0, 0.1) is 29.6 Å². The number of rotatable bonds is 33. The second-order valence-electron chi connectivity index (χ2n) is 33.9. The monoisotopic (exact) mass is 1660 g/mol. The molecule has 10 atom stereocenters. The number of nitrogens with zero attached hydrogens (tertiary/aromatic N) is 4. The molecule has 614 valence electrons.